The third-order valence-corrected chi connectivity index (χ3v) is 4.84. The Kier molecular flexibility index (Phi) is 6.23. The number of rotatable bonds is 6. The monoisotopic (exact) mass is 458 g/mol. The highest BCUT2D eigenvalue weighted by Gasteiger charge is 2.19. The van der Waals surface area contributed by atoms with Crippen LogP contribution in [0.1, 0.15) is 5.56 Å². The second-order valence-electron chi connectivity index (χ2n) is 4.71. The maximum atomic E-state index is 12.3. The van der Waals surface area contributed by atoms with Crippen LogP contribution >= 0.6 is 28.1 Å². The van der Waals surface area contributed by atoms with Crippen LogP contribution in [0.2, 0.25) is 0 Å². The molecule has 0 atom stereocenters. The van der Waals surface area contributed by atoms with Crippen molar-refractivity contribution in [1.82, 2.24) is 5.43 Å². The van der Waals surface area contributed by atoms with Crippen molar-refractivity contribution in [2.24, 2.45) is 10.8 Å². The van der Waals surface area contributed by atoms with Gasteiger partial charge in [-0.05, 0) is 64.0 Å². The van der Waals surface area contributed by atoms with E-state index in [0.29, 0.717) is 10.0 Å². The molecule has 136 valence electrons. The molecule has 2 rings (SSSR count). The molecule has 2 aromatic carbocycles. The molecule has 0 bridgehead atoms. The van der Waals surface area contributed by atoms with Crippen LogP contribution in [-0.2, 0) is 10.1 Å². The number of hydrazone groups is 1. The molecule has 0 aromatic heterocycles. The van der Waals surface area contributed by atoms with E-state index in [2.05, 4.69) is 38.7 Å². The van der Waals surface area contributed by atoms with Crippen molar-refractivity contribution in [3.8, 4) is 5.75 Å². The number of nitro groups is 1. The van der Waals surface area contributed by atoms with Crippen molar-refractivity contribution in [3.63, 3.8) is 0 Å². The van der Waals surface area contributed by atoms with Gasteiger partial charge in [0.05, 0.1) is 15.6 Å². The first-order valence-electron chi connectivity index (χ1n) is 6.76. The molecule has 12 heteroatoms. The number of thiocarbonyl (C=S) groups is 1. The molecule has 0 amide bonds. The molecular formula is C14H11BrN4O5S2. The predicted octanol–water partition coefficient (Wildman–Crippen LogP) is 2.29. The third kappa shape index (κ3) is 5.21. The molecule has 0 aliphatic heterocycles. The molecule has 0 saturated carbocycles. The van der Waals surface area contributed by atoms with E-state index in [1.807, 2.05) is 0 Å². The summed E-state index contributed by atoms with van der Waals surface area (Å²) in [4.78, 5) is 9.80. The summed E-state index contributed by atoms with van der Waals surface area (Å²) in [6.45, 7) is 0. The van der Waals surface area contributed by atoms with E-state index in [9.17, 15) is 18.5 Å². The Hall–Kier alpha value is -2.57. The lowest BCUT2D eigenvalue weighted by Crippen LogP contribution is -2.23. The van der Waals surface area contributed by atoms with E-state index in [1.54, 1.807) is 12.1 Å². The van der Waals surface area contributed by atoms with Gasteiger partial charge < -0.3 is 9.92 Å². The minimum atomic E-state index is -4.15. The smallest absolute Gasteiger partial charge is 0.339 e. The number of nitro benzene ring substituents is 1. The van der Waals surface area contributed by atoms with Crippen molar-refractivity contribution < 1.29 is 17.5 Å². The lowest BCUT2D eigenvalue weighted by Gasteiger charge is -2.09. The van der Waals surface area contributed by atoms with Crippen LogP contribution in [0.5, 0.6) is 5.75 Å². The Labute approximate surface area is 162 Å². The van der Waals surface area contributed by atoms with Gasteiger partial charge in [0.15, 0.2) is 10.9 Å². The fraction of sp³-hybridized carbons (Fsp3) is 0. The molecule has 3 N–H and O–H groups in total. The number of nitrogens with zero attached hydrogens (tertiary/aromatic N) is 2. The zero-order chi connectivity index (χ0) is 19.3. The van der Waals surface area contributed by atoms with Gasteiger partial charge in [-0.2, -0.15) is 13.5 Å². The van der Waals surface area contributed by atoms with Crippen LogP contribution in [-0.4, -0.2) is 24.7 Å². The minimum Gasteiger partial charge on any atom is -0.378 e. The van der Waals surface area contributed by atoms with Crippen LogP contribution < -0.4 is 15.3 Å². The lowest BCUT2D eigenvalue weighted by molar-refractivity contribution is -0.384. The highest BCUT2D eigenvalue weighted by atomic mass is 79.9. The van der Waals surface area contributed by atoms with Crippen LogP contribution in [0.4, 0.5) is 5.69 Å². The van der Waals surface area contributed by atoms with Crippen molar-refractivity contribution in [3.05, 3.63) is 62.6 Å². The van der Waals surface area contributed by atoms with Gasteiger partial charge in [-0.3, -0.25) is 15.5 Å². The quantitative estimate of drug-likeness (QED) is 0.221. The summed E-state index contributed by atoms with van der Waals surface area (Å²) in [6, 6.07) is 8.93. The summed E-state index contributed by atoms with van der Waals surface area (Å²) in [6.07, 6.45) is 1.43. The summed E-state index contributed by atoms with van der Waals surface area (Å²) in [7, 11) is -4.15. The average molecular weight is 459 g/mol. The van der Waals surface area contributed by atoms with Gasteiger partial charge in [0.2, 0.25) is 0 Å². The summed E-state index contributed by atoms with van der Waals surface area (Å²) >= 11 is 7.82. The molecule has 0 heterocycles. The lowest BCUT2D eigenvalue weighted by atomic mass is 10.2. The summed E-state index contributed by atoms with van der Waals surface area (Å²) in [5.74, 6) is 0.0443. The first kappa shape index (κ1) is 19.8. The van der Waals surface area contributed by atoms with E-state index < -0.39 is 15.0 Å². The number of benzene rings is 2. The Bertz CT molecular complexity index is 977. The van der Waals surface area contributed by atoms with Gasteiger partial charge in [0.25, 0.3) is 5.69 Å². The molecule has 0 saturated heterocycles. The maximum Gasteiger partial charge on any atom is 0.339 e. The number of halogens is 1. The van der Waals surface area contributed by atoms with Crippen molar-refractivity contribution in [1.29, 1.82) is 0 Å². The van der Waals surface area contributed by atoms with Gasteiger partial charge in [0, 0.05) is 12.1 Å². The highest BCUT2D eigenvalue weighted by molar-refractivity contribution is 9.10. The average Bonchev–Trinajstić information content (AvgIpc) is 2.57. The van der Waals surface area contributed by atoms with Gasteiger partial charge in [0.1, 0.15) is 4.90 Å². The van der Waals surface area contributed by atoms with E-state index in [1.165, 1.54) is 12.3 Å². The van der Waals surface area contributed by atoms with E-state index in [4.69, 9.17) is 9.92 Å². The fourth-order valence-corrected chi connectivity index (χ4v) is 3.32. The van der Waals surface area contributed by atoms with Crippen LogP contribution in [0.3, 0.4) is 0 Å². The zero-order valence-electron chi connectivity index (χ0n) is 12.8. The Morgan fingerprint density at radius 2 is 1.96 bits per heavy atom. The largest absolute Gasteiger partial charge is 0.378 e. The van der Waals surface area contributed by atoms with E-state index in [0.717, 1.165) is 24.3 Å². The molecule has 0 aliphatic carbocycles. The molecular weight excluding hydrogens is 448 g/mol. The number of hydrogen-bond donors (Lipinski definition) is 2. The fourth-order valence-electron chi connectivity index (χ4n) is 1.74. The second-order valence-corrected chi connectivity index (χ2v) is 7.55. The van der Waals surface area contributed by atoms with Crippen molar-refractivity contribution in [2.75, 3.05) is 0 Å². The molecule has 0 unspecified atom stereocenters. The van der Waals surface area contributed by atoms with E-state index >= 15 is 0 Å². The molecule has 26 heavy (non-hydrogen) atoms. The summed E-state index contributed by atoms with van der Waals surface area (Å²) < 4.78 is 30.0. The molecule has 2 aromatic rings. The number of nitrogens with one attached hydrogen (secondary N) is 1. The molecule has 0 aliphatic rings. The van der Waals surface area contributed by atoms with Gasteiger partial charge in [-0.15, -0.1) is 0 Å². The standard InChI is InChI=1S/C14H11BrN4O5S2/c15-12-7-9(8-17-18-14(16)25)1-6-13(12)24-26(22,23)11-4-2-10(3-5-11)19(20)21/h1-8H,(H3,16,18,25)/b17-8-. The third-order valence-electron chi connectivity index (χ3n) is 2.88. The summed E-state index contributed by atoms with van der Waals surface area (Å²) in [5.41, 5.74) is 8.03. The molecule has 0 spiro atoms. The zero-order valence-corrected chi connectivity index (χ0v) is 16.0. The number of nitrogens with two attached hydrogens (primary N) is 1. The van der Waals surface area contributed by atoms with Crippen LogP contribution in [0.15, 0.2) is 56.9 Å². The topological polar surface area (TPSA) is 137 Å². The van der Waals surface area contributed by atoms with Gasteiger partial charge in [-0.25, -0.2) is 0 Å². The minimum absolute atomic E-state index is 0.00876. The molecule has 9 nitrogen and oxygen atoms in total. The first-order chi connectivity index (χ1) is 12.2. The van der Waals surface area contributed by atoms with Crippen LogP contribution in [0, 0.1) is 10.1 Å². The van der Waals surface area contributed by atoms with Gasteiger partial charge in [-0.1, -0.05) is 0 Å². The van der Waals surface area contributed by atoms with Crippen LogP contribution in [0.25, 0.3) is 0 Å². The Balaban J connectivity index is 2.19. The van der Waals surface area contributed by atoms with Gasteiger partial charge >= 0.3 is 10.1 Å². The predicted molar refractivity (Wildman–Crippen MR) is 103 cm³/mol. The second kappa shape index (κ2) is 8.21. The first-order valence-corrected chi connectivity index (χ1v) is 9.37. The Morgan fingerprint density at radius 1 is 1.31 bits per heavy atom. The number of hydrogen-bond acceptors (Lipinski definition) is 7. The SMILES string of the molecule is NC(=S)N/N=C\c1ccc(OS(=O)(=O)c2ccc([N+](=O)[O-])cc2)c(Br)c1. The molecule has 0 fully saturated rings. The normalized spacial score (nSPS) is 11.3. The van der Waals surface area contributed by atoms with Crippen molar-refractivity contribution in [2.45, 2.75) is 4.90 Å². The van der Waals surface area contributed by atoms with Crippen molar-refractivity contribution >= 4 is 55.3 Å². The number of non-ortho nitro benzene ring substituents is 1. The molecule has 0 radical (unpaired) electrons. The summed E-state index contributed by atoms with van der Waals surface area (Å²) in [5, 5.41) is 14.4. The Morgan fingerprint density at radius 3 is 2.50 bits per heavy atom. The highest BCUT2D eigenvalue weighted by Crippen LogP contribution is 2.29. The van der Waals surface area contributed by atoms with E-state index in [-0.39, 0.29) is 21.4 Å². The maximum absolute atomic E-state index is 12.3.